The molecule has 0 bridgehead atoms. The van der Waals surface area contributed by atoms with Gasteiger partial charge in [-0.2, -0.15) is 0 Å². The number of hydrogen-bond donors (Lipinski definition) is 3. The van der Waals surface area contributed by atoms with Crippen LogP contribution < -0.4 is 10.2 Å². The first-order chi connectivity index (χ1) is 16.4. The van der Waals surface area contributed by atoms with E-state index in [2.05, 4.69) is 33.0 Å². The SMILES string of the molecule is CC(CCCC(C)(C)OCN1C(=O)c2cccc(O)c2Nc2ccc(O)cc21)CCOC(C)(C)C. The zero-order valence-corrected chi connectivity index (χ0v) is 21.9. The summed E-state index contributed by atoms with van der Waals surface area (Å²) in [4.78, 5) is 15.0. The number of ether oxygens (including phenoxy) is 2. The number of amides is 1. The second-order valence-corrected chi connectivity index (χ2v) is 11.0. The molecule has 7 nitrogen and oxygen atoms in total. The molecule has 1 aliphatic heterocycles. The molecule has 2 aromatic carbocycles. The van der Waals surface area contributed by atoms with E-state index in [0.717, 1.165) is 32.3 Å². The fourth-order valence-corrected chi connectivity index (χ4v) is 4.11. The minimum Gasteiger partial charge on any atom is -0.508 e. The van der Waals surface area contributed by atoms with E-state index in [1.807, 2.05) is 13.8 Å². The maximum Gasteiger partial charge on any atom is 0.262 e. The highest BCUT2D eigenvalue weighted by atomic mass is 16.5. The lowest BCUT2D eigenvalue weighted by Gasteiger charge is -2.30. The Morgan fingerprint density at radius 3 is 2.49 bits per heavy atom. The van der Waals surface area contributed by atoms with Crippen LogP contribution in [0, 0.1) is 5.92 Å². The van der Waals surface area contributed by atoms with E-state index < -0.39 is 5.60 Å². The molecule has 0 spiro atoms. The Hall–Kier alpha value is -2.77. The quantitative estimate of drug-likeness (QED) is 0.261. The number of fused-ring (bicyclic) bond motifs is 2. The minimum absolute atomic E-state index is 0.0139. The molecule has 2 aromatic rings. The van der Waals surface area contributed by atoms with Crippen molar-refractivity contribution in [2.75, 3.05) is 23.6 Å². The summed E-state index contributed by atoms with van der Waals surface area (Å²) in [6.45, 7) is 13.3. The molecule has 1 heterocycles. The van der Waals surface area contributed by atoms with Crippen LogP contribution in [-0.4, -0.2) is 40.7 Å². The molecule has 35 heavy (non-hydrogen) atoms. The number of nitrogens with one attached hydrogen (secondary N) is 1. The third-order valence-electron chi connectivity index (χ3n) is 6.26. The molecule has 192 valence electrons. The smallest absolute Gasteiger partial charge is 0.262 e. The first-order valence-corrected chi connectivity index (χ1v) is 12.4. The van der Waals surface area contributed by atoms with Gasteiger partial charge in [0.25, 0.3) is 5.91 Å². The summed E-state index contributed by atoms with van der Waals surface area (Å²) < 4.78 is 12.1. The summed E-state index contributed by atoms with van der Waals surface area (Å²) in [6, 6.07) is 9.59. The number of carbonyl (C=O) groups is 1. The number of carbonyl (C=O) groups excluding carboxylic acids is 1. The molecule has 0 aromatic heterocycles. The van der Waals surface area contributed by atoms with Gasteiger partial charge in [-0.05, 0) is 77.6 Å². The van der Waals surface area contributed by atoms with Crippen molar-refractivity contribution in [1.29, 1.82) is 0 Å². The third-order valence-corrected chi connectivity index (χ3v) is 6.26. The van der Waals surface area contributed by atoms with E-state index in [9.17, 15) is 15.0 Å². The average molecular weight is 485 g/mol. The van der Waals surface area contributed by atoms with Crippen LogP contribution in [0.1, 0.15) is 77.6 Å². The predicted octanol–water partition coefficient (Wildman–Crippen LogP) is 6.57. The Balaban J connectivity index is 1.64. The Bertz CT molecular complexity index is 1030. The van der Waals surface area contributed by atoms with E-state index in [-0.39, 0.29) is 29.7 Å². The fourth-order valence-electron chi connectivity index (χ4n) is 4.11. The van der Waals surface area contributed by atoms with Crippen LogP contribution in [0.3, 0.4) is 0 Å². The zero-order chi connectivity index (χ0) is 25.8. The molecule has 7 heteroatoms. The van der Waals surface area contributed by atoms with Crippen molar-refractivity contribution in [3.05, 3.63) is 42.0 Å². The first kappa shape index (κ1) is 26.8. The third kappa shape index (κ3) is 7.36. The zero-order valence-electron chi connectivity index (χ0n) is 21.9. The molecule has 0 saturated heterocycles. The van der Waals surface area contributed by atoms with Crippen LogP contribution in [-0.2, 0) is 9.47 Å². The summed E-state index contributed by atoms with van der Waals surface area (Å²) in [5.41, 5.74) is 1.23. The van der Waals surface area contributed by atoms with Crippen LogP contribution in [0.25, 0.3) is 0 Å². The van der Waals surface area contributed by atoms with Crippen LogP contribution >= 0.6 is 0 Å². The lowest BCUT2D eigenvalue weighted by molar-refractivity contribution is -0.0246. The largest absolute Gasteiger partial charge is 0.508 e. The summed E-state index contributed by atoms with van der Waals surface area (Å²) in [7, 11) is 0. The van der Waals surface area contributed by atoms with Crippen molar-refractivity contribution in [3.8, 4) is 11.5 Å². The van der Waals surface area contributed by atoms with Gasteiger partial charge in [-0.3, -0.25) is 9.69 Å². The van der Waals surface area contributed by atoms with Crippen LogP contribution in [0.4, 0.5) is 17.1 Å². The molecule has 3 N–H and O–H groups in total. The van der Waals surface area contributed by atoms with E-state index >= 15 is 0 Å². The van der Waals surface area contributed by atoms with Crippen molar-refractivity contribution >= 4 is 23.0 Å². The summed E-state index contributed by atoms with van der Waals surface area (Å²) >= 11 is 0. The first-order valence-electron chi connectivity index (χ1n) is 12.4. The minimum atomic E-state index is -0.444. The molecule has 1 atom stereocenters. The molecule has 0 radical (unpaired) electrons. The number of para-hydroxylation sites is 1. The Morgan fingerprint density at radius 1 is 1.03 bits per heavy atom. The summed E-state index contributed by atoms with van der Waals surface area (Å²) in [5, 5.41) is 23.6. The predicted molar refractivity (Wildman–Crippen MR) is 140 cm³/mol. The van der Waals surface area contributed by atoms with Gasteiger partial charge in [0.15, 0.2) is 0 Å². The van der Waals surface area contributed by atoms with Gasteiger partial charge in [-0.25, -0.2) is 0 Å². The number of aromatic hydroxyl groups is 2. The maximum absolute atomic E-state index is 13.5. The van der Waals surface area contributed by atoms with Crippen LogP contribution in [0.5, 0.6) is 11.5 Å². The van der Waals surface area contributed by atoms with E-state index in [1.165, 1.54) is 23.1 Å². The highest BCUT2D eigenvalue weighted by Gasteiger charge is 2.30. The number of benzene rings is 2. The average Bonchev–Trinajstić information content (AvgIpc) is 2.86. The monoisotopic (exact) mass is 484 g/mol. The van der Waals surface area contributed by atoms with E-state index in [4.69, 9.17) is 9.47 Å². The normalized spacial score (nSPS) is 14.7. The maximum atomic E-state index is 13.5. The molecule has 0 fully saturated rings. The van der Waals surface area contributed by atoms with Gasteiger partial charge in [0.1, 0.15) is 18.2 Å². The number of phenols is 2. The molecular weight excluding hydrogens is 444 g/mol. The van der Waals surface area contributed by atoms with Crippen LogP contribution in [0.15, 0.2) is 36.4 Å². The van der Waals surface area contributed by atoms with Crippen molar-refractivity contribution in [2.24, 2.45) is 5.92 Å². The number of hydrogen-bond acceptors (Lipinski definition) is 6. The van der Waals surface area contributed by atoms with Gasteiger partial charge >= 0.3 is 0 Å². The Kier molecular flexibility index (Phi) is 8.34. The van der Waals surface area contributed by atoms with Gasteiger partial charge in [0.05, 0.1) is 33.8 Å². The lowest BCUT2D eigenvalue weighted by atomic mass is 9.95. The number of rotatable bonds is 10. The number of nitrogens with zero attached hydrogens (tertiary/aromatic N) is 1. The Morgan fingerprint density at radius 2 is 1.77 bits per heavy atom. The van der Waals surface area contributed by atoms with Crippen molar-refractivity contribution in [1.82, 2.24) is 0 Å². The highest BCUT2D eigenvalue weighted by Crippen LogP contribution is 2.41. The van der Waals surface area contributed by atoms with Gasteiger partial charge in [-0.15, -0.1) is 0 Å². The van der Waals surface area contributed by atoms with E-state index in [0.29, 0.717) is 28.5 Å². The Labute approximate surface area is 209 Å². The van der Waals surface area contributed by atoms with Gasteiger partial charge in [0.2, 0.25) is 0 Å². The molecular formula is C28H40N2O5. The molecule has 1 aliphatic rings. The second kappa shape index (κ2) is 10.9. The topological polar surface area (TPSA) is 91.3 Å². The standard InChI is InChI=1S/C28H40N2O5/c1-19(14-16-34-27(2,3)4)9-8-15-28(5,6)35-18-30-23-17-20(31)12-13-22(23)29-25-21(26(30)33)10-7-11-24(25)32/h7,10-13,17,19,29,31-32H,8-9,14-16,18H2,1-6H3. The molecule has 1 unspecified atom stereocenters. The van der Waals surface area contributed by atoms with Crippen molar-refractivity contribution in [3.63, 3.8) is 0 Å². The lowest BCUT2D eigenvalue weighted by Crippen LogP contribution is -2.37. The molecule has 3 rings (SSSR count). The van der Waals surface area contributed by atoms with Crippen molar-refractivity contribution < 1.29 is 24.5 Å². The summed E-state index contributed by atoms with van der Waals surface area (Å²) in [6.07, 6.45) is 3.96. The van der Waals surface area contributed by atoms with Crippen molar-refractivity contribution in [2.45, 2.75) is 78.4 Å². The van der Waals surface area contributed by atoms with Gasteiger partial charge < -0.3 is 25.0 Å². The highest BCUT2D eigenvalue weighted by molar-refractivity contribution is 6.14. The van der Waals surface area contributed by atoms with Gasteiger partial charge in [-0.1, -0.05) is 25.8 Å². The second-order valence-electron chi connectivity index (χ2n) is 11.0. The fraction of sp³-hybridized carbons (Fsp3) is 0.536. The van der Waals surface area contributed by atoms with E-state index in [1.54, 1.807) is 18.2 Å². The molecule has 0 aliphatic carbocycles. The molecule has 1 amide bonds. The van der Waals surface area contributed by atoms with Gasteiger partial charge in [0, 0.05) is 12.7 Å². The summed E-state index contributed by atoms with van der Waals surface area (Å²) in [5.74, 6) is 0.281. The number of phenolic OH excluding ortho intramolecular Hbond substituents is 2. The van der Waals surface area contributed by atoms with Crippen LogP contribution in [0.2, 0.25) is 0 Å². The molecule has 0 saturated carbocycles. The number of anilines is 3.